The number of ether oxygens (including phenoxy) is 1. The molecule has 0 aliphatic carbocycles. The summed E-state index contributed by atoms with van der Waals surface area (Å²) >= 11 is 0. The lowest BCUT2D eigenvalue weighted by molar-refractivity contribution is -0.142. The zero-order valence-corrected chi connectivity index (χ0v) is 17.8. The maximum atomic E-state index is 13.4. The number of aromatic nitrogens is 2. The van der Waals surface area contributed by atoms with Crippen LogP contribution in [-0.2, 0) is 27.3 Å². The van der Waals surface area contributed by atoms with Gasteiger partial charge in [0.1, 0.15) is 5.60 Å². The fourth-order valence-electron chi connectivity index (χ4n) is 5.06. The number of aryl methyl sites for hydroxylation is 1. The molecule has 2 saturated heterocycles. The molecule has 3 aliphatic heterocycles. The predicted molar refractivity (Wildman–Crippen MR) is 114 cm³/mol. The van der Waals surface area contributed by atoms with Gasteiger partial charge in [-0.2, -0.15) is 0 Å². The molecule has 31 heavy (non-hydrogen) atoms. The minimum absolute atomic E-state index is 0.0187. The molecule has 1 aromatic heterocycles. The first-order valence-corrected chi connectivity index (χ1v) is 10.7. The molecule has 0 saturated carbocycles. The van der Waals surface area contributed by atoms with Crippen molar-refractivity contribution in [3.63, 3.8) is 0 Å². The van der Waals surface area contributed by atoms with Gasteiger partial charge in [0.25, 0.3) is 0 Å². The van der Waals surface area contributed by atoms with Crippen molar-refractivity contribution < 1.29 is 14.3 Å². The smallest absolute Gasteiger partial charge is 0.230 e. The number of fused-ring (bicyclic) bond motifs is 1. The topological polar surface area (TPSA) is 75.6 Å². The van der Waals surface area contributed by atoms with Gasteiger partial charge in [-0.3, -0.25) is 19.6 Å². The van der Waals surface area contributed by atoms with Gasteiger partial charge in [-0.15, -0.1) is 0 Å². The summed E-state index contributed by atoms with van der Waals surface area (Å²) < 4.78 is 6.24. The molecule has 2 bridgehead atoms. The van der Waals surface area contributed by atoms with Crippen molar-refractivity contribution in [2.45, 2.75) is 31.6 Å². The number of carbonyl (C=O) groups is 2. The Hall–Kier alpha value is -3.06. The molecule has 3 aliphatic rings. The average Bonchev–Trinajstić information content (AvgIpc) is 3.41. The summed E-state index contributed by atoms with van der Waals surface area (Å²) in [4.78, 5) is 38.5. The third kappa shape index (κ3) is 3.43. The van der Waals surface area contributed by atoms with E-state index >= 15 is 0 Å². The normalized spacial score (nSPS) is 28.3. The lowest BCUT2D eigenvalue weighted by Crippen LogP contribution is -2.44. The van der Waals surface area contributed by atoms with Crippen molar-refractivity contribution >= 4 is 11.8 Å². The standard InChI is InChI=1S/C24H26N4O3/c1-16-3-5-17(6-4-16)8-12-28-15-24-9-7-19(31-24)20(21(24)23(28)30)22(29)27(2)14-18-13-25-10-11-26-18/h3-7,9-11,13,19-21H,8,12,14-15H2,1-2H3/t19-,20?,21?,24-/m0/s1. The van der Waals surface area contributed by atoms with E-state index in [2.05, 4.69) is 41.2 Å². The Kier molecular flexibility index (Phi) is 4.85. The number of benzene rings is 1. The van der Waals surface area contributed by atoms with Gasteiger partial charge >= 0.3 is 0 Å². The highest BCUT2D eigenvalue weighted by Gasteiger charge is 2.66. The number of rotatable bonds is 6. The van der Waals surface area contributed by atoms with Gasteiger partial charge in [0.05, 0.1) is 42.9 Å². The zero-order chi connectivity index (χ0) is 21.6. The van der Waals surface area contributed by atoms with Crippen LogP contribution in [0.2, 0.25) is 0 Å². The Bertz CT molecular complexity index is 1020. The van der Waals surface area contributed by atoms with E-state index in [4.69, 9.17) is 4.74 Å². The second-order valence-electron chi connectivity index (χ2n) is 8.79. The lowest BCUT2D eigenvalue weighted by atomic mass is 9.76. The summed E-state index contributed by atoms with van der Waals surface area (Å²) in [6.45, 7) is 3.54. The molecule has 1 aromatic carbocycles. The predicted octanol–water partition coefficient (Wildman–Crippen LogP) is 1.77. The summed E-state index contributed by atoms with van der Waals surface area (Å²) in [5, 5.41) is 0. The van der Waals surface area contributed by atoms with Crippen molar-refractivity contribution in [2.75, 3.05) is 20.1 Å². The number of hydrogen-bond acceptors (Lipinski definition) is 5. The molecule has 2 fully saturated rings. The first kappa shape index (κ1) is 19.9. The largest absolute Gasteiger partial charge is 0.360 e. The quantitative estimate of drug-likeness (QED) is 0.669. The summed E-state index contributed by atoms with van der Waals surface area (Å²) in [6.07, 6.45) is 9.25. The van der Waals surface area contributed by atoms with E-state index in [9.17, 15) is 9.59 Å². The zero-order valence-electron chi connectivity index (χ0n) is 17.8. The molecule has 0 N–H and O–H groups in total. The van der Waals surface area contributed by atoms with Gasteiger partial charge in [0.15, 0.2) is 0 Å². The molecular formula is C24H26N4O3. The van der Waals surface area contributed by atoms with Crippen molar-refractivity contribution in [2.24, 2.45) is 11.8 Å². The Morgan fingerprint density at radius 2 is 2.10 bits per heavy atom. The maximum Gasteiger partial charge on any atom is 0.230 e. The number of carbonyl (C=O) groups excluding carboxylic acids is 2. The maximum absolute atomic E-state index is 13.4. The molecular weight excluding hydrogens is 392 g/mol. The third-order valence-electron chi connectivity index (χ3n) is 6.65. The monoisotopic (exact) mass is 418 g/mol. The fraction of sp³-hybridized carbons (Fsp3) is 0.417. The molecule has 160 valence electrons. The molecule has 4 heterocycles. The number of nitrogens with zero attached hydrogens (tertiary/aromatic N) is 4. The van der Waals surface area contributed by atoms with Crippen LogP contribution in [0.25, 0.3) is 0 Å². The molecule has 1 spiro atoms. The van der Waals surface area contributed by atoms with Crippen LogP contribution in [-0.4, -0.2) is 63.4 Å². The van der Waals surface area contributed by atoms with E-state index in [1.165, 1.54) is 11.1 Å². The van der Waals surface area contributed by atoms with E-state index < -0.39 is 17.4 Å². The summed E-state index contributed by atoms with van der Waals surface area (Å²) in [5.41, 5.74) is 2.45. The van der Waals surface area contributed by atoms with Crippen molar-refractivity contribution in [3.05, 3.63) is 71.8 Å². The van der Waals surface area contributed by atoms with Gasteiger partial charge in [0, 0.05) is 26.0 Å². The van der Waals surface area contributed by atoms with Crippen molar-refractivity contribution in [1.82, 2.24) is 19.8 Å². The van der Waals surface area contributed by atoms with Crippen LogP contribution in [0.1, 0.15) is 16.8 Å². The van der Waals surface area contributed by atoms with E-state index in [1.807, 2.05) is 17.1 Å². The van der Waals surface area contributed by atoms with Gasteiger partial charge in [0.2, 0.25) is 11.8 Å². The lowest BCUT2D eigenvalue weighted by Gasteiger charge is -2.27. The molecule has 2 unspecified atom stereocenters. The minimum atomic E-state index is -0.678. The Labute approximate surface area is 181 Å². The van der Waals surface area contributed by atoms with Crippen molar-refractivity contribution in [1.29, 1.82) is 0 Å². The van der Waals surface area contributed by atoms with Crippen LogP contribution in [0.15, 0.2) is 55.0 Å². The minimum Gasteiger partial charge on any atom is -0.360 e. The molecule has 7 nitrogen and oxygen atoms in total. The van der Waals surface area contributed by atoms with Crippen LogP contribution < -0.4 is 0 Å². The fourth-order valence-corrected chi connectivity index (χ4v) is 5.06. The van der Waals surface area contributed by atoms with Crippen LogP contribution in [0.5, 0.6) is 0 Å². The Morgan fingerprint density at radius 1 is 1.29 bits per heavy atom. The summed E-state index contributed by atoms with van der Waals surface area (Å²) in [7, 11) is 1.74. The van der Waals surface area contributed by atoms with E-state index in [-0.39, 0.29) is 17.9 Å². The first-order chi connectivity index (χ1) is 15.0. The van der Waals surface area contributed by atoms with Gasteiger partial charge in [-0.05, 0) is 18.9 Å². The van der Waals surface area contributed by atoms with Crippen LogP contribution in [0.4, 0.5) is 0 Å². The molecule has 4 atom stereocenters. The Morgan fingerprint density at radius 3 is 2.84 bits per heavy atom. The SMILES string of the molecule is Cc1ccc(CCN2C[C@]34C=C[C@H](O3)C(C(=O)N(C)Cc3cnccn3)C4C2=O)cc1. The molecule has 7 heteroatoms. The molecule has 2 aromatic rings. The van der Waals surface area contributed by atoms with Gasteiger partial charge in [-0.1, -0.05) is 42.0 Å². The highest BCUT2D eigenvalue weighted by atomic mass is 16.5. The highest BCUT2D eigenvalue weighted by Crippen LogP contribution is 2.52. The van der Waals surface area contributed by atoms with E-state index in [0.717, 1.165) is 6.42 Å². The van der Waals surface area contributed by atoms with Crippen LogP contribution in [0, 0.1) is 18.8 Å². The molecule has 2 amide bonds. The molecule has 0 radical (unpaired) electrons. The van der Waals surface area contributed by atoms with Crippen LogP contribution in [0.3, 0.4) is 0 Å². The van der Waals surface area contributed by atoms with Gasteiger partial charge < -0.3 is 14.5 Å². The third-order valence-corrected chi connectivity index (χ3v) is 6.65. The number of likely N-dealkylation sites (tertiary alicyclic amines) is 1. The van der Waals surface area contributed by atoms with Crippen molar-refractivity contribution in [3.8, 4) is 0 Å². The Balaban J connectivity index is 1.30. The van der Waals surface area contributed by atoms with Crippen LogP contribution >= 0.6 is 0 Å². The van der Waals surface area contributed by atoms with Gasteiger partial charge in [-0.25, -0.2) is 0 Å². The number of amides is 2. The first-order valence-electron chi connectivity index (χ1n) is 10.7. The second kappa shape index (κ2) is 7.57. The van der Waals surface area contributed by atoms with E-state index in [0.29, 0.717) is 25.3 Å². The van der Waals surface area contributed by atoms with E-state index in [1.54, 1.807) is 30.5 Å². The summed E-state index contributed by atoms with van der Waals surface area (Å²) in [5.74, 6) is -1.02. The molecule has 5 rings (SSSR count). The second-order valence-corrected chi connectivity index (χ2v) is 8.79. The highest BCUT2D eigenvalue weighted by molar-refractivity contribution is 5.93. The number of hydrogen-bond donors (Lipinski definition) is 0. The average molecular weight is 418 g/mol. The summed E-state index contributed by atoms with van der Waals surface area (Å²) in [6, 6.07) is 8.38.